The molecule has 1 spiro atoms. The molecule has 0 bridgehead atoms. The average molecular weight is 436 g/mol. The molecule has 0 aromatic carbocycles. The van der Waals surface area contributed by atoms with E-state index in [1.165, 1.54) is 12.0 Å². The largest absolute Gasteiger partial charge is 0.462 e. The van der Waals surface area contributed by atoms with Gasteiger partial charge in [-0.1, -0.05) is 13.8 Å². The Labute approximate surface area is 186 Å². The second-order valence-electron chi connectivity index (χ2n) is 12.6. The van der Waals surface area contributed by atoms with Gasteiger partial charge >= 0.3 is 5.97 Å². The van der Waals surface area contributed by atoms with Crippen LogP contribution in [0, 0.1) is 34.5 Å². The summed E-state index contributed by atoms with van der Waals surface area (Å²) in [6.07, 6.45) is 7.22. The first kappa shape index (κ1) is 22.1. The molecule has 5 rings (SSSR count). The van der Waals surface area contributed by atoms with Gasteiger partial charge in [-0.3, -0.25) is 4.79 Å². The van der Waals surface area contributed by atoms with Crippen LogP contribution in [0.5, 0.6) is 0 Å². The molecule has 1 aliphatic heterocycles. The van der Waals surface area contributed by atoms with Crippen LogP contribution in [-0.4, -0.2) is 51.4 Å². The predicted octanol–water partition coefficient (Wildman–Crippen LogP) is 4.13. The minimum Gasteiger partial charge on any atom is -0.462 e. The number of esters is 1. The van der Waals surface area contributed by atoms with Crippen molar-refractivity contribution in [2.24, 2.45) is 34.5 Å². The van der Waals surface area contributed by atoms with Crippen molar-refractivity contribution in [1.82, 2.24) is 5.06 Å². The van der Waals surface area contributed by atoms with Gasteiger partial charge in [0, 0.05) is 12.3 Å². The smallest absolute Gasteiger partial charge is 0.302 e. The third-order valence-corrected chi connectivity index (χ3v) is 10.6. The molecule has 1 saturated heterocycles. The minimum absolute atomic E-state index is 0.0188. The lowest BCUT2D eigenvalue weighted by atomic mass is 9.44. The van der Waals surface area contributed by atoms with E-state index in [1.807, 2.05) is 13.8 Å². The number of carbonyl (C=O) groups excluding carboxylic acids is 1. The molecule has 176 valence electrons. The molecule has 0 aromatic rings. The summed E-state index contributed by atoms with van der Waals surface area (Å²) in [5.74, 6) is 1.54. The van der Waals surface area contributed by atoms with E-state index in [0.717, 1.165) is 44.9 Å². The number of carbonyl (C=O) groups is 1. The van der Waals surface area contributed by atoms with E-state index in [1.54, 1.807) is 0 Å². The van der Waals surface area contributed by atoms with Crippen LogP contribution < -0.4 is 0 Å². The average Bonchev–Trinajstić information content (AvgIpc) is 3.13. The predicted molar refractivity (Wildman–Crippen MR) is 115 cm³/mol. The van der Waals surface area contributed by atoms with Gasteiger partial charge in [0.15, 0.2) is 0 Å². The Bertz CT molecular complexity index is 756. The monoisotopic (exact) mass is 435 g/mol. The van der Waals surface area contributed by atoms with Gasteiger partial charge in [-0.05, 0) is 94.3 Å². The number of fused-ring (bicyclic) bond motifs is 5. The summed E-state index contributed by atoms with van der Waals surface area (Å²) in [5.41, 5.74) is -0.950. The Kier molecular flexibility index (Phi) is 4.93. The summed E-state index contributed by atoms with van der Waals surface area (Å²) in [6, 6.07) is 0. The fourth-order valence-electron chi connectivity index (χ4n) is 8.90. The molecule has 9 atom stereocenters. The molecule has 0 amide bonds. The highest BCUT2D eigenvalue weighted by molar-refractivity contribution is 5.66. The van der Waals surface area contributed by atoms with Gasteiger partial charge in [-0.25, -0.2) is 0 Å². The van der Waals surface area contributed by atoms with E-state index in [9.17, 15) is 15.1 Å². The van der Waals surface area contributed by atoms with Crippen molar-refractivity contribution in [2.45, 2.75) is 109 Å². The van der Waals surface area contributed by atoms with E-state index >= 15 is 0 Å². The fourth-order valence-corrected chi connectivity index (χ4v) is 8.90. The normalized spacial score (nSPS) is 53.6. The fraction of sp³-hybridized carbons (Fsp3) is 0.960. The quantitative estimate of drug-likeness (QED) is 0.603. The Morgan fingerprint density at radius 2 is 1.71 bits per heavy atom. The third kappa shape index (κ3) is 3.00. The first-order valence-electron chi connectivity index (χ1n) is 12.4. The van der Waals surface area contributed by atoms with E-state index in [2.05, 4.69) is 13.8 Å². The van der Waals surface area contributed by atoms with Gasteiger partial charge in [-0.2, -0.15) is 5.06 Å². The number of rotatable bonds is 1. The molecule has 31 heavy (non-hydrogen) atoms. The molecule has 4 saturated carbocycles. The Balaban J connectivity index is 1.40. The number of hydrogen-bond acceptors (Lipinski definition) is 6. The Morgan fingerprint density at radius 3 is 2.35 bits per heavy atom. The number of aliphatic hydroxyl groups is 1. The highest BCUT2D eigenvalue weighted by atomic mass is 16.6. The lowest BCUT2D eigenvalue weighted by Crippen LogP contribution is -2.63. The van der Waals surface area contributed by atoms with Crippen molar-refractivity contribution in [1.29, 1.82) is 0 Å². The van der Waals surface area contributed by atoms with Gasteiger partial charge in [0.1, 0.15) is 11.8 Å². The number of hydrogen-bond donors (Lipinski definition) is 2. The molecule has 0 radical (unpaired) electrons. The first-order chi connectivity index (χ1) is 14.4. The van der Waals surface area contributed by atoms with Crippen LogP contribution in [-0.2, 0) is 14.3 Å². The summed E-state index contributed by atoms with van der Waals surface area (Å²) in [7, 11) is 0. The molecule has 1 heterocycles. The molecular formula is C25H41NO5. The number of ether oxygens (including phenoxy) is 2. The summed E-state index contributed by atoms with van der Waals surface area (Å²) < 4.78 is 12.0. The van der Waals surface area contributed by atoms with Crippen LogP contribution in [0.25, 0.3) is 0 Å². The zero-order valence-electron chi connectivity index (χ0n) is 19.9. The van der Waals surface area contributed by atoms with Crippen LogP contribution in [0.4, 0.5) is 0 Å². The summed E-state index contributed by atoms with van der Waals surface area (Å²) in [6.45, 7) is 10.8. The van der Waals surface area contributed by atoms with E-state index < -0.39 is 11.3 Å². The zero-order chi connectivity index (χ0) is 22.4. The standard InChI is InChI=1S/C25H41NO5/c1-15(27)31-21-7-6-17-16-12-20(28)19-13-25(26(29)22(2,3)14-30-25)11-10-23(19,4)18(16)8-9-24(17,21)5/h16-21,28-29H,6-14H2,1-5H3/t16-,17-,18-,19+,20-,21-,23+,24-,25-/m0/s1. The minimum atomic E-state index is -0.654. The first-order valence-corrected chi connectivity index (χ1v) is 12.4. The van der Waals surface area contributed by atoms with Gasteiger partial charge in [-0.15, -0.1) is 0 Å². The Morgan fingerprint density at radius 1 is 1.00 bits per heavy atom. The molecule has 6 heteroatoms. The van der Waals surface area contributed by atoms with Crippen molar-refractivity contribution in [2.75, 3.05) is 6.61 Å². The summed E-state index contributed by atoms with van der Waals surface area (Å²) in [5, 5.41) is 23.9. The van der Waals surface area contributed by atoms with Crippen LogP contribution in [0.1, 0.15) is 86.0 Å². The third-order valence-electron chi connectivity index (χ3n) is 10.6. The number of nitrogens with zero attached hydrogens (tertiary/aromatic N) is 1. The molecule has 6 nitrogen and oxygen atoms in total. The molecule has 0 unspecified atom stereocenters. The second kappa shape index (κ2) is 6.91. The van der Waals surface area contributed by atoms with Crippen LogP contribution >= 0.6 is 0 Å². The lowest BCUT2D eigenvalue weighted by molar-refractivity contribution is -0.292. The van der Waals surface area contributed by atoms with Gasteiger partial charge in [0.2, 0.25) is 0 Å². The van der Waals surface area contributed by atoms with Gasteiger partial charge in [0.05, 0.1) is 18.2 Å². The van der Waals surface area contributed by atoms with E-state index in [0.29, 0.717) is 30.8 Å². The highest BCUT2D eigenvalue weighted by Gasteiger charge is 2.66. The van der Waals surface area contributed by atoms with Crippen molar-refractivity contribution in [3.05, 3.63) is 0 Å². The summed E-state index contributed by atoms with van der Waals surface area (Å²) >= 11 is 0. The lowest BCUT2D eigenvalue weighted by Gasteiger charge is -2.63. The topological polar surface area (TPSA) is 79.2 Å². The highest BCUT2D eigenvalue weighted by Crippen LogP contribution is 2.68. The second-order valence-corrected chi connectivity index (χ2v) is 12.6. The van der Waals surface area contributed by atoms with Crippen molar-refractivity contribution >= 4 is 5.97 Å². The summed E-state index contributed by atoms with van der Waals surface area (Å²) in [4.78, 5) is 11.7. The van der Waals surface area contributed by atoms with E-state index in [-0.39, 0.29) is 34.9 Å². The SMILES string of the molecule is CC(=O)O[C@H]1CC[C@H]2[C@@H]3C[C@H](O)[C@H]4C[C@]5(CC[C@]4(C)[C@H]3CC[C@]12C)OCC(C)(C)N5O. The molecule has 2 N–H and O–H groups in total. The van der Waals surface area contributed by atoms with E-state index in [4.69, 9.17) is 9.47 Å². The molecule has 5 aliphatic rings. The maximum atomic E-state index is 11.7. The zero-order valence-corrected chi connectivity index (χ0v) is 19.9. The van der Waals surface area contributed by atoms with Crippen LogP contribution in [0.3, 0.4) is 0 Å². The molecular weight excluding hydrogens is 394 g/mol. The maximum Gasteiger partial charge on any atom is 0.302 e. The van der Waals surface area contributed by atoms with Crippen molar-refractivity contribution in [3.8, 4) is 0 Å². The van der Waals surface area contributed by atoms with Gasteiger partial charge < -0.3 is 19.8 Å². The van der Waals surface area contributed by atoms with Crippen molar-refractivity contribution < 1.29 is 24.6 Å². The van der Waals surface area contributed by atoms with Crippen LogP contribution in [0.15, 0.2) is 0 Å². The Hall–Kier alpha value is -0.690. The number of aliphatic hydroxyl groups excluding tert-OH is 1. The molecule has 5 fully saturated rings. The molecule has 4 aliphatic carbocycles. The van der Waals surface area contributed by atoms with Gasteiger partial charge in [0.25, 0.3) is 0 Å². The number of hydroxylamine groups is 2. The molecule has 0 aromatic heterocycles. The maximum absolute atomic E-state index is 11.7. The van der Waals surface area contributed by atoms with Crippen molar-refractivity contribution in [3.63, 3.8) is 0 Å². The van der Waals surface area contributed by atoms with Crippen LogP contribution in [0.2, 0.25) is 0 Å².